The number of para-hydroxylation sites is 1. The normalized spacial score (nSPS) is 11.7. The summed E-state index contributed by atoms with van der Waals surface area (Å²) in [6.45, 7) is 17.7. The zero-order chi connectivity index (χ0) is 29.9. The third kappa shape index (κ3) is 7.91. The van der Waals surface area contributed by atoms with Crippen molar-refractivity contribution in [1.29, 1.82) is 0 Å². The second-order valence-electron chi connectivity index (χ2n) is 13.1. The molecule has 0 saturated carbocycles. The Bertz CT molecular complexity index is 1500. The van der Waals surface area contributed by atoms with Crippen LogP contribution >= 0.6 is 11.8 Å². The van der Waals surface area contributed by atoms with Crippen LogP contribution in [-0.2, 0) is 37.0 Å². The van der Waals surface area contributed by atoms with E-state index in [1.165, 1.54) is 4.90 Å². The van der Waals surface area contributed by atoms with E-state index in [2.05, 4.69) is 121 Å². The molecule has 0 spiro atoms. The molecule has 0 aliphatic rings. The van der Waals surface area contributed by atoms with Gasteiger partial charge in [-0.1, -0.05) is 90.1 Å². The molecule has 0 aromatic heterocycles. The minimum atomic E-state index is -0.213. The van der Waals surface area contributed by atoms with E-state index < -0.39 is 0 Å². The van der Waals surface area contributed by atoms with Crippen LogP contribution in [0, 0.1) is 13.8 Å². The molecule has 0 unspecified atom stereocenters. The number of benzene rings is 4. The van der Waals surface area contributed by atoms with E-state index in [1.807, 2.05) is 30.0 Å². The van der Waals surface area contributed by atoms with Crippen molar-refractivity contribution < 1.29 is 36.4 Å². The molecule has 0 saturated heterocycles. The van der Waals surface area contributed by atoms with Crippen LogP contribution in [0.4, 0.5) is 11.4 Å². The fraction of sp³-hybridized carbons (Fsp3) is 0.351. The average Bonchev–Trinajstić information content (AvgIpc) is 2.90. The molecule has 0 fully saturated rings. The second-order valence-corrected chi connectivity index (χ2v) is 14.2. The Morgan fingerprint density at radius 2 is 1.19 bits per heavy atom. The van der Waals surface area contributed by atoms with E-state index >= 15 is 0 Å². The Kier molecular flexibility index (Phi) is 11.2. The summed E-state index contributed by atoms with van der Waals surface area (Å²) < 4.78 is 0. The van der Waals surface area contributed by atoms with Gasteiger partial charge in [0.25, 0.3) is 0 Å². The monoisotopic (exact) mass is 657 g/mol. The molecule has 3 nitrogen and oxygen atoms in total. The molecular formula is C37H45NO2SZr. The van der Waals surface area contributed by atoms with Gasteiger partial charge in [-0.2, -0.15) is 0 Å². The molecule has 4 aromatic carbocycles. The molecule has 4 rings (SSSR count). The molecule has 5 heteroatoms. The Balaban J connectivity index is 0.00000484. The van der Waals surface area contributed by atoms with Gasteiger partial charge in [-0.25, -0.2) is 0 Å². The van der Waals surface area contributed by atoms with E-state index in [4.69, 9.17) is 0 Å². The summed E-state index contributed by atoms with van der Waals surface area (Å²) in [5.74, 6) is 1.59. The fourth-order valence-electron chi connectivity index (χ4n) is 5.33. The van der Waals surface area contributed by atoms with E-state index in [0.717, 1.165) is 63.5 Å². The SMILES string of the molecule is Cc1cc(-c2ccccc2N(CCCSc2ccccc2)c2cc(C)cc(C(C)(C)C)c2O)c(O)c(C(C)(C)C)c1.[Zr]. The van der Waals surface area contributed by atoms with Crippen molar-refractivity contribution in [2.45, 2.75) is 77.5 Å². The number of anilines is 2. The third-order valence-electron chi connectivity index (χ3n) is 7.42. The first-order chi connectivity index (χ1) is 19.3. The van der Waals surface area contributed by atoms with Crippen molar-refractivity contribution in [3.05, 3.63) is 101 Å². The van der Waals surface area contributed by atoms with Crippen molar-refractivity contribution in [2.75, 3.05) is 17.2 Å². The maximum Gasteiger partial charge on any atom is 0.142 e. The zero-order valence-corrected chi connectivity index (χ0v) is 29.7. The van der Waals surface area contributed by atoms with Crippen LogP contribution in [0.3, 0.4) is 0 Å². The van der Waals surface area contributed by atoms with Gasteiger partial charge < -0.3 is 15.1 Å². The average molecular weight is 659 g/mol. The quantitative estimate of drug-likeness (QED) is 0.146. The number of aryl methyl sites for hydroxylation is 2. The molecule has 0 bridgehead atoms. The van der Waals surface area contributed by atoms with E-state index in [0.29, 0.717) is 11.5 Å². The van der Waals surface area contributed by atoms with Gasteiger partial charge in [0.05, 0.1) is 5.69 Å². The fourth-order valence-corrected chi connectivity index (χ4v) is 6.19. The van der Waals surface area contributed by atoms with Crippen LogP contribution in [0.15, 0.2) is 83.8 Å². The Morgan fingerprint density at radius 1 is 0.643 bits per heavy atom. The van der Waals surface area contributed by atoms with Crippen LogP contribution < -0.4 is 4.90 Å². The van der Waals surface area contributed by atoms with Crippen LogP contribution in [-0.4, -0.2) is 22.5 Å². The van der Waals surface area contributed by atoms with Gasteiger partial charge >= 0.3 is 0 Å². The first-order valence-electron chi connectivity index (χ1n) is 14.5. The second kappa shape index (κ2) is 13.9. The van der Waals surface area contributed by atoms with Gasteiger partial charge in [0.2, 0.25) is 0 Å². The molecule has 220 valence electrons. The molecule has 42 heavy (non-hydrogen) atoms. The van der Waals surface area contributed by atoms with Gasteiger partial charge in [-0.15, -0.1) is 11.8 Å². The Morgan fingerprint density at radius 3 is 1.81 bits per heavy atom. The summed E-state index contributed by atoms with van der Waals surface area (Å²) in [6.07, 6.45) is 0.916. The number of rotatable bonds is 8. The molecule has 0 atom stereocenters. The first-order valence-corrected chi connectivity index (χ1v) is 15.5. The molecule has 4 aromatic rings. The van der Waals surface area contributed by atoms with E-state index in [1.54, 1.807) is 0 Å². The smallest absolute Gasteiger partial charge is 0.142 e. The minimum Gasteiger partial charge on any atom is -0.507 e. The van der Waals surface area contributed by atoms with E-state index in [9.17, 15) is 10.2 Å². The maximum atomic E-state index is 11.7. The minimum absolute atomic E-state index is 0. The van der Waals surface area contributed by atoms with Gasteiger partial charge in [0, 0.05) is 65.6 Å². The van der Waals surface area contributed by atoms with Gasteiger partial charge in [0.15, 0.2) is 0 Å². The predicted molar refractivity (Wildman–Crippen MR) is 177 cm³/mol. The summed E-state index contributed by atoms with van der Waals surface area (Å²) in [4.78, 5) is 3.50. The first kappa shape index (κ1) is 34.0. The molecule has 2 N–H and O–H groups in total. The molecule has 0 aliphatic heterocycles. The summed E-state index contributed by atoms with van der Waals surface area (Å²) >= 11 is 1.85. The number of hydrogen-bond donors (Lipinski definition) is 2. The largest absolute Gasteiger partial charge is 0.507 e. The summed E-state index contributed by atoms with van der Waals surface area (Å²) in [7, 11) is 0. The van der Waals surface area contributed by atoms with Crippen LogP contribution in [0.5, 0.6) is 11.5 Å². The van der Waals surface area contributed by atoms with Gasteiger partial charge in [-0.05, 0) is 78.3 Å². The molecule has 0 amide bonds. The Hall–Kier alpha value is -2.49. The third-order valence-corrected chi connectivity index (χ3v) is 8.52. The summed E-state index contributed by atoms with van der Waals surface area (Å²) in [5, 5.41) is 23.3. The van der Waals surface area contributed by atoms with Crippen molar-refractivity contribution in [3.63, 3.8) is 0 Å². The Labute approximate surface area is 276 Å². The number of nitrogens with zero attached hydrogens (tertiary/aromatic N) is 1. The predicted octanol–water partition coefficient (Wildman–Crippen LogP) is 10.3. The number of thioether (sulfide) groups is 1. The van der Waals surface area contributed by atoms with Gasteiger partial charge in [0.1, 0.15) is 11.5 Å². The molecule has 0 aliphatic carbocycles. The topological polar surface area (TPSA) is 43.7 Å². The molecular weight excluding hydrogens is 614 g/mol. The van der Waals surface area contributed by atoms with Crippen molar-refractivity contribution in [2.24, 2.45) is 0 Å². The summed E-state index contributed by atoms with van der Waals surface area (Å²) in [6, 6.07) is 27.1. The molecule has 0 radical (unpaired) electrons. The molecule has 0 heterocycles. The number of phenols is 2. The van der Waals surface area contributed by atoms with Crippen LogP contribution in [0.2, 0.25) is 0 Å². The standard InChI is InChI=1S/C37H45NO2S.Zr/c1-25-21-29(34(39)30(22-25)36(3,4)5)28-17-12-13-18-32(28)38(19-14-20-41-27-15-10-9-11-16-27)33-24-26(2)23-31(35(33)40)37(6,7)8;/h9-13,15-18,21-24,39-40H,14,19-20H2,1-8H3;. The van der Waals surface area contributed by atoms with Crippen molar-refractivity contribution >= 4 is 23.1 Å². The zero-order valence-electron chi connectivity index (χ0n) is 26.4. The van der Waals surface area contributed by atoms with Crippen LogP contribution in [0.25, 0.3) is 11.1 Å². The van der Waals surface area contributed by atoms with Crippen molar-refractivity contribution in [1.82, 2.24) is 0 Å². The summed E-state index contributed by atoms with van der Waals surface area (Å²) in [5.41, 5.74) is 7.21. The van der Waals surface area contributed by atoms with Gasteiger partial charge in [-0.3, -0.25) is 0 Å². The van der Waals surface area contributed by atoms with E-state index in [-0.39, 0.29) is 37.0 Å². The maximum absolute atomic E-state index is 11.7. The number of phenolic OH excluding ortho intramolecular Hbond substituents is 2. The number of hydrogen-bond acceptors (Lipinski definition) is 4. The van der Waals surface area contributed by atoms with Crippen molar-refractivity contribution in [3.8, 4) is 22.6 Å². The number of aromatic hydroxyl groups is 2. The van der Waals surface area contributed by atoms with Crippen LogP contribution in [0.1, 0.15) is 70.2 Å².